The Kier molecular flexibility index (Phi) is 1.83. The zero-order chi connectivity index (χ0) is 13.1. The van der Waals surface area contributed by atoms with Crippen molar-refractivity contribution in [1.82, 2.24) is 4.98 Å². The van der Waals surface area contributed by atoms with Crippen molar-refractivity contribution in [2.24, 2.45) is 0 Å². The van der Waals surface area contributed by atoms with Crippen molar-refractivity contribution >= 4 is 38.9 Å². The minimum atomic E-state index is 0.957. The fraction of sp³-hybridized carbons (Fsp3) is 0.111. The maximum absolute atomic E-state index is 6.09. The van der Waals surface area contributed by atoms with E-state index >= 15 is 0 Å². The number of aromatic amines is 1. The van der Waals surface area contributed by atoms with E-state index in [2.05, 4.69) is 41.4 Å². The minimum Gasteiger partial charge on any atom is -0.454 e. The van der Waals surface area contributed by atoms with Crippen molar-refractivity contribution < 1.29 is 4.42 Å². The summed E-state index contributed by atoms with van der Waals surface area (Å²) in [4.78, 5) is 3.57. The summed E-state index contributed by atoms with van der Waals surface area (Å²) in [6.07, 6.45) is 6.68. The van der Waals surface area contributed by atoms with Crippen LogP contribution in [0, 0.1) is 0 Å². The van der Waals surface area contributed by atoms with E-state index in [1.165, 1.54) is 27.4 Å². The van der Waals surface area contributed by atoms with Gasteiger partial charge in [0.15, 0.2) is 5.58 Å². The van der Waals surface area contributed by atoms with E-state index in [0.717, 1.165) is 29.5 Å². The van der Waals surface area contributed by atoms with Gasteiger partial charge in [-0.3, -0.25) is 0 Å². The summed E-state index contributed by atoms with van der Waals surface area (Å²) in [6.45, 7) is 0. The summed E-state index contributed by atoms with van der Waals surface area (Å²) in [5.74, 6) is 0. The Hall–Kier alpha value is -2.48. The van der Waals surface area contributed by atoms with Gasteiger partial charge in [-0.1, -0.05) is 36.4 Å². The van der Waals surface area contributed by atoms with Crippen molar-refractivity contribution in [1.29, 1.82) is 0 Å². The third kappa shape index (κ3) is 1.19. The van der Waals surface area contributed by atoms with Crippen molar-refractivity contribution in [3.05, 3.63) is 53.7 Å². The minimum absolute atomic E-state index is 0.957. The molecule has 1 aliphatic carbocycles. The van der Waals surface area contributed by atoms with Crippen LogP contribution in [0.1, 0.15) is 17.7 Å². The number of allylic oxidation sites excluding steroid dienone is 1. The van der Waals surface area contributed by atoms with Gasteiger partial charge in [-0.2, -0.15) is 0 Å². The fourth-order valence-electron chi connectivity index (χ4n) is 3.33. The van der Waals surface area contributed by atoms with Gasteiger partial charge in [0.2, 0.25) is 0 Å². The Bertz CT molecular complexity index is 1000. The number of H-pyrrole nitrogens is 1. The van der Waals surface area contributed by atoms with E-state index in [9.17, 15) is 0 Å². The Morgan fingerprint density at radius 2 is 1.85 bits per heavy atom. The van der Waals surface area contributed by atoms with E-state index in [1.807, 2.05) is 12.1 Å². The van der Waals surface area contributed by atoms with Gasteiger partial charge in [-0.25, -0.2) is 0 Å². The predicted molar refractivity (Wildman–Crippen MR) is 82.9 cm³/mol. The zero-order valence-electron chi connectivity index (χ0n) is 10.9. The highest BCUT2D eigenvalue weighted by atomic mass is 16.3. The number of aromatic nitrogens is 1. The van der Waals surface area contributed by atoms with Crippen LogP contribution in [0.3, 0.4) is 0 Å². The number of para-hydroxylation sites is 1. The maximum atomic E-state index is 6.09. The molecule has 0 fully saturated rings. The number of hydrogen-bond donors (Lipinski definition) is 1. The van der Waals surface area contributed by atoms with Crippen LogP contribution in [0.4, 0.5) is 0 Å². The van der Waals surface area contributed by atoms with Gasteiger partial charge in [-0.05, 0) is 25.0 Å². The predicted octanol–water partition coefficient (Wildman–Crippen LogP) is 5.03. The number of fused-ring (bicyclic) bond motifs is 7. The van der Waals surface area contributed by atoms with Gasteiger partial charge in [0.05, 0.1) is 5.52 Å². The Balaban J connectivity index is 2.01. The second kappa shape index (κ2) is 3.54. The smallest absolute Gasteiger partial charge is 0.159 e. The summed E-state index contributed by atoms with van der Waals surface area (Å²) in [5.41, 5.74) is 5.73. The fourth-order valence-corrected chi connectivity index (χ4v) is 3.33. The Morgan fingerprint density at radius 1 is 0.950 bits per heavy atom. The van der Waals surface area contributed by atoms with Crippen LogP contribution in [0.2, 0.25) is 0 Å². The van der Waals surface area contributed by atoms with Crippen LogP contribution in [-0.4, -0.2) is 4.98 Å². The SMILES string of the molecule is C1=Cc2c([nH]c3c2ccc2c4ccccc4oc23)CC1. The lowest BCUT2D eigenvalue weighted by Crippen LogP contribution is -1.90. The third-order valence-corrected chi connectivity index (χ3v) is 4.28. The molecule has 4 aromatic rings. The Morgan fingerprint density at radius 3 is 2.85 bits per heavy atom. The van der Waals surface area contributed by atoms with Crippen LogP contribution in [0.5, 0.6) is 0 Å². The molecule has 0 saturated carbocycles. The lowest BCUT2D eigenvalue weighted by molar-refractivity contribution is 0.671. The first-order chi connectivity index (χ1) is 9.92. The van der Waals surface area contributed by atoms with E-state index in [-0.39, 0.29) is 0 Å². The molecule has 1 aliphatic rings. The van der Waals surface area contributed by atoms with Crippen molar-refractivity contribution in [3.63, 3.8) is 0 Å². The average Bonchev–Trinajstić information content (AvgIpc) is 3.05. The molecule has 20 heavy (non-hydrogen) atoms. The van der Waals surface area contributed by atoms with Gasteiger partial charge in [0.25, 0.3) is 0 Å². The van der Waals surface area contributed by atoms with Gasteiger partial charge in [-0.15, -0.1) is 0 Å². The van der Waals surface area contributed by atoms with Crippen LogP contribution in [-0.2, 0) is 6.42 Å². The molecule has 2 aromatic carbocycles. The van der Waals surface area contributed by atoms with Gasteiger partial charge < -0.3 is 9.40 Å². The molecule has 0 amide bonds. The molecular formula is C18H13NO. The van der Waals surface area contributed by atoms with E-state index in [0.29, 0.717) is 0 Å². The first-order valence-electron chi connectivity index (χ1n) is 7.03. The number of nitrogens with one attached hydrogen (secondary N) is 1. The number of aryl methyl sites for hydroxylation is 1. The standard InChI is InChI=1S/C18H13NO/c1-3-7-15-11(5-1)13-9-10-14-12-6-2-4-8-16(12)20-18(14)17(13)19-15/h1-2,4-6,8-10,19H,3,7H2. The monoisotopic (exact) mass is 259 g/mol. The van der Waals surface area contributed by atoms with Crippen molar-refractivity contribution in [3.8, 4) is 0 Å². The summed E-state index contributed by atoms with van der Waals surface area (Å²) in [6, 6.07) is 12.6. The largest absolute Gasteiger partial charge is 0.454 e. The first kappa shape index (κ1) is 10.3. The van der Waals surface area contributed by atoms with E-state index in [1.54, 1.807) is 0 Å². The van der Waals surface area contributed by atoms with Crippen molar-refractivity contribution in [2.45, 2.75) is 12.8 Å². The molecular weight excluding hydrogens is 246 g/mol. The van der Waals surface area contributed by atoms with Crippen LogP contribution in [0.25, 0.3) is 38.9 Å². The van der Waals surface area contributed by atoms with Gasteiger partial charge in [0.1, 0.15) is 5.58 Å². The highest BCUT2D eigenvalue weighted by Crippen LogP contribution is 2.37. The number of benzene rings is 2. The summed E-state index contributed by atoms with van der Waals surface area (Å²) >= 11 is 0. The molecule has 0 unspecified atom stereocenters. The zero-order valence-corrected chi connectivity index (χ0v) is 10.9. The van der Waals surface area contributed by atoms with Crippen LogP contribution >= 0.6 is 0 Å². The molecule has 0 bridgehead atoms. The molecule has 0 saturated heterocycles. The molecule has 0 spiro atoms. The maximum Gasteiger partial charge on any atom is 0.159 e. The number of rotatable bonds is 0. The molecule has 5 rings (SSSR count). The van der Waals surface area contributed by atoms with E-state index in [4.69, 9.17) is 4.42 Å². The molecule has 2 heteroatoms. The second-order valence-corrected chi connectivity index (χ2v) is 5.42. The molecule has 0 aliphatic heterocycles. The molecule has 1 N–H and O–H groups in total. The first-order valence-corrected chi connectivity index (χ1v) is 7.03. The van der Waals surface area contributed by atoms with Crippen LogP contribution < -0.4 is 0 Å². The topological polar surface area (TPSA) is 28.9 Å². The summed E-state index contributed by atoms with van der Waals surface area (Å²) < 4.78 is 6.09. The molecule has 0 atom stereocenters. The summed E-state index contributed by atoms with van der Waals surface area (Å²) in [5, 5.41) is 3.64. The molecule has 2 aromatic heterocycles. The molecule has 2 heterocycles. The van der Waals surface area contributed by atoms with Crippen LogP contribution in [0.15, 0.2) is 46.9 Å². The Labute approximate surface area is 115 Å². The summed E-state index contributed by atoms with van der Waals surface area (Å²) in [7, 11) is 0. The highest BCUT2D eigenvalue weighted by Gasteiger charge is 2.16. The third-order valence-electron chi connectivity index (χ3n) is 4.28. The quantitative estimate of drug-likeness (QED) is 0.471. The normalized spacial score (nSPS) is 14.4. The molecule has 2 nitrogen and oxygen atoms in total. The van der Waals surface area contributed by atoms with Gasteiger partial charge in [0, 0.05) is 27.4 Å². The molecule has 96 valence electrons. The van der Waals surface area contributed by atoms with E-state index < -0.39 is 0 Å². The second-order valence-electron chi connectivity index (χ2n) is 5.42. The highest BCUT2D eigenvalue weighted by molar-refractivity contribution is 6.15. The lowest BCUT2D eigenvalue weighted by Gasteiger charge is -2.03. The lowest BCUT2D eigenvalue weighted by atomic mass is 10.0. The van der Waals surface area contributed by atoms with Gasteiger partial charge >= 0.3 is 0 Å². The molecule has 0 radical (unpaired) electrons. The number of hydrogen-bond acceptors (Lipinski definition) is 1. The average molecular weight is 259 g/mol. The van der Waals surface area contributed by atoms with Crippen molar-refractivity contribution in [2.75, 3.05) is 0 Å². The number of furan rings is 1.